The average Bonchev–Trinajstić information content (AvgIpc) is 2.00. The number of carbonyl (C=O) groups is 1. The van der Waals surface area contributed by atoms with Crippen LogP contribution in [0.5, 0.6) is 0 Å². The third kappa shape index (κ3) is 5.94. The van der Waals surface area contributed by atoms with Crippen molar-refractivity contribution in [3.8, 4) is 0 Å². The molecule has 1 amide bonds. The van der Waals surface area contributed by atoms with Crippen molar-refractivity contribution in [2.45, 2.75) is 52.2 Å². The highest BCUT2D eigenvalue weighted by molar-refractivity contribution is 5.81. The van der Waals surface area contributed by atoms with Gasteiger partial charge < -0.3 is 15.7 Å². The van der Waals surface area contributed by atoms with Crippen molar-refractivity contribution in [1.29, 1.82) is 0 Å². The van der Waals surface area contributed by atoms with Gasteiger partial charge in [0.05, 0.1) is 12.6 Å². The molecule has 14 heavy (non-hydrogen) atoms. The molecule has 4 heteroatoms. The summed E-state index contributed by atoms with van der Waals surface area (Å²) in [5.74, 6) is -0.0437. The molecule has 0 fully saturated rings. The summed E-state index contributed by atoms with van der Waals surface area (Å²) in [5.41, 5.74) is -0.213. The number of aliphatic hydroxyl groups excluding tert-OH is 1. The predicted octanol–water partition coefficient (Wildman–Crippen LogP) is 0.260. The number of aliphatic hydroxyl groups is 1. The Balaban J connectivity index is 4.00. The molecule has 0 radical (unpaired) electrons. The van der Waals surface area contributed by atoms with Gasteiger partial charge in [-0.2, -0.15) is 0 Å². The third-order valence-electron chi connectivity index (χ3n) is 1.70. The maximum atomic E-state index is 11.6. The predicted molar refractivity (Wildman–Crippen MR) is 57.0 cm³/mol. The van der Waals surface area contributed by atoms with Crippen LogP contribution in [-0.4, -0.2) is 35.2 Å². The molecule has 4 nitrogen and oxygen atoms in total. The standard InChI is InChI=1S/C10H22N2O2/c1-7(6-13)11-8(2)9(14)12-10(3,4)5/h7-8,11,13H,6H2,1-5H3,(H,12,14). The molecular formula is C10H22N2O2. The largest absolute Gasteiger partial charge is 0.395 e. The lowest BCUT2D eigenvalue weighted by atomic mass is 10.1. The molecule has 0 aromatic carbocycles. The molecule has 0 aromatic heterocycles. The first-order valence-electron chi connectivity index (χ1n) is 4.95. The van der Waals surface area contributed by atoms with E-state index in [1.807, 2.05) is 27.7 Å². The second-order valence-electron chi connectivity index (χ2n) is 4.71. The summed E-state index contributed by atoms with van der Waals surface area (Å²) in [6, 6.07) is -0.341. The SMILES string of the molecule is CC(CO)NC(C)C(=O)NC(C)(C)C. The van der Waals surface area contributed by atoms with E-state index in [-0.39, 0.29) is 30.1 Å². The number of rotatable bonds is 4. The van der Waals surface area contributed by atoms with Gasteiger partial charge >= 0.3 is 0 Å². The molecule has 0 aliphatic heterocycles. The smallest absolute Gasteiger partial charge is 0.237 e. The van der Waals surface area contributed by atoms with Crippen molar-refractivity contribution in [2.24, 2.45) is 0 Å². The minimum Gasteiger partial charge on any atom is -0.395 e. The second-order valence-corrected chi connectivity index (χ2v) is 4.71. The summed E-state index contributed by atoms with van der Waals surface area (Å²) in [5, 5.41) is 14.7. The zero-order valence-electron chi connectivity index (χ0n) is 9.72. The quantitative estimate of drug-likeness (QED) is 0.613. The van der Waals surface area contributed by atoms with Gasteiger partial charge in [0.2, 0.25) is 5.91 Å². The summed E-state index contributed by atoms with van der Waals surface area (Å²) in [7, 11) is 0. The Morgan fingerprint density at radius 1 is 1.36 bits per heavy atom. The molecule has 2 unspecified atom stereocenters. The van der Waals surface area contributed by atoms with E-state index in [0.29, 0.717) is 0 Å². The Kier molecular flexibility index (Phi) is 5.08. The highest BCUT2D eigenvalue weighted by atomic mass is 16.3. The number of carbonyl (C=O) groups excluding carboxylic acids is 1. The Labute approximate surface area is 86.1 Å². The first-order chi connectivity index (χ1) is 6.26. The Hall–Kier alpha value is -0.610. The van der Waals surface area contributed by atoms with Gasteiger partial charge in [-0.1, -0.05) is 0 Å². The van der Waals surface area contributed by atoms with Crippen molar-refractivity contribution >= 4 is 5.91 Å². The van der Waals surface area contributed by atoms with E-state index < -0.39 is 0 Å². The lowest BCUT2D eigenvalue weighted by Crippen LogP contribution is -2.51. The van der Waals surface area contributed by atoms with Crippen LogP contribution in [0.25, 0.3) is 0 Å². The van der Waals surface area contributed by atoms with Gasteiger partial charge in [-0.25, -0.2) is 0 Å². The van der Waals surface area contributed by atoms with Crippen LogP contribution in [0.2, 0.25) is 0 Å². The van der Waals surface area contributed by atoms with Crippen LogP contribution in [0, 0.1) is 0 Å². The molecular weight excluding hydrogens is 180 g/mol. The zero-order chi connectivity index (χ0) is 11.4. The molecule has 84 valence electrons. The topological polar surface area (TPSA) is 61.4 Å². The van der Waals surface area contributed by atoms with E-state index in [2.05, 4.69) is 10.6 Å². The third-order valence-corrected chi connectivity index (χ3v) is 1.70. The fraction of sp³-hybridized carbons (Fsp3) is 0.900. The first kappa shape index (κ1) is 13.4. The molecule has 0 aliphatic rings. The molecule has 2 atom stereocenters. The normalized spacial score (nSPS) is 16.1. The van der Waals surface area contributed by atoms with Gasteiger partial charge in [-0.05, 0) is 34.6 Å². The van der Waals surface area contributed by atoms with Gasteiger partial charge in [-0.15, -0.1) is 0 Å². The molecule has 0 aromatic rings. The fourth-order valence-corrected chi connectivity index (χ4v) is 1.03. The monoisotopic (exact) mass is 202 g/mol. The molecule has 0 heterocycles. The number of hydrogen-bond acceptors (Lipinski definition) is 3. The van der Waals surface area contributed by atoms with Gasteiger partial charge in [0.25, 0.3) is 0 Å². The summed E-state index contributed by atoms with van der Waals surface area (Å²) in [6.45, 7) is 9.47. The number of amides is 1. The van der Waals surface area contributed by atoms with Gasteiger partial charge in [0.1, 0.15) is 0 Å². The van der Waals surface area contributed by atoms with E-state index >= 15 is 0 Å². The summed E-state index contributed by atoms with van der Waals surface area (Å²) in [4.78, 5) is 11.6. The van der Waals surface area contributed by atoms with Crippen LogP contribution < -0.4 is 10.6 Å². The Morgan fingerprint density at radius 2 is 1.86 bits per heavy atom. The number of hydrogen-bond donors (Lipinski definition) is 3. The molecule has 0 bridgehead atoms. The zero-order valence-corrected chi connectivity index (χ0v) is 9.72. The Morgan fingerprint density at radius 3 is 2.21 bits per heavy atom. The molecule has 0 rings (SSSR count). The molecule has 0 saturated heterocycles. The Bertz CT molecular complexity index is 187. The fourth-order valence-electron chi connectivity index (χ4n) is 1.03. The lowest BCUT2D eigenvalue weighted by Gasteiger charge is -2.25. The van der Waals surface area contributed by atoms with Crippen LogP contribution >= 0.6 is 0 Å². The van der Waals surface area contributed by atoms with Crippen LogP contribution in [0.4, 0.5) is 0 Å². The first-order valence-corrected chi connectivity index (χ1v) is 4.95. The maximum absolute atomic E-state index is 11.6. The molecule has 0 aliphatic carbocycles. The minimum atomic E-state index is -0.281. The van der Waals surface area contributed by atoms with Crippen molar-refractivity contribution in [3.63, 3.8) is 0 Å². The second kappa shape index (κ2) is 5.32. The molecule has 0 spiro atoms. The summed E-state index contributed by atoms with van der Waals surface area (Å²) in [6.07, 6.45) is 0. The highest BCUT2D eigenvalue weighted by Gasteiger charge is 2.19. The van der Waals surface area contributed by atoms with Gasteiger partial charge in [0.15, 0.2) is 0 Å². The van der Waals surface area contributed by atoms with Crippen molar-refractivity contribution in [3.05, 3.63) is 0 Å². The van der Waals surface area contributed by atoms with Gasteiger partial charge in [-0.3, -0.25) is 4.79 Å². The molecule has 3 N–H and O–H groups in total. The van der Waals surface area contributed by atoms with Gasteiger partial charge in [0, 0.05) is 11.6 Å². The summed E-state index contributed by atoms with van der Waals surface area (Å²) >= 11 is 0. The summed E-state index contributed by atoms with van der Waals surface area (Å²) < 4.78 is 0. The van der Waals surface area contributed by atoms with Crippen LogP contribution in [-0.2, 0) is 4.79 Å². The maximum Gasteiger partial charge on any atom is 0.237 e. The number of nitrogens with one attached hydrogen (secondary N) is 2. The minimum absolute atomic E-state index is 0.0349. The van der Waals surface area contributed by atoms with E-state index in [0.717, 1.165) is 0 Å². The van der Waals surface area contributed by atoms with Crippen LogP contribution in [0.15, 0.2) is 0 Å². The van der Waals surface area contributed by atoms with E-state index in [9.17, 15) is 4.79 Å². The van der Waals surface area contributed by atoms with Crippen molar-refractivity contribution < 1.29 is 9.90 Å². The average molecular weight is 202 g/mol. The van der Waals surface area contributed by atoms with Crippen molar-refractivity contribution in [2.75, 3.05) is 6.61 Å². The van der Waals surface area contributed by atoms with E-state index in [1.165, 1.54) is 0 Å². The van der Waals surface area contributed by atoms with Crippen LogP contribution in [0.1, 0.15) is 34.6 Å². The lowest BCUT2D eigenvalue weighted by molar-refractivity contribution is -0.124. The van der Waals surface area contributed by atoms with E-state index in [4.69, 9.17) is 5.11 Å². The molecule has 0 saturated carbocycles. The van der Waals surface area contributed by atoms with Crippen molar-refractivity contribution in [1.82, 2.24) is 10.6 Å². The van der Waals surface area contributed by atoms with E-state index in [1.54, 1.807) is 6.92 Å². The van der Waals surface area contributed by atoms with Crippen LogP contribution in [0.3, 0.4) is 0 Å². The highest BCUT2D eigenvalue weighted by Crippen LogP contribution is 1.99.